The van der Waals surface area contributed by atoms with Crippen LogP contribution in [0.5, 0.6) is 0 Å². The molecule has 110 valence electrons. The van der Waals surface area contributed by atoms with Crippen molar-refractivity contribution in [3.8, 4) is 0 Å². The van der Waals surface area contributed by atoms with Crippen molar-refractivity contribution in [3.63, 3.8) is 0 Å². The number of hydrogen-bond donors (Lipinski definition) is 1. The molecule has 0 unspecified atom stereocenters. The van der Waals surface area contributed by atoms with Crippen molar-refractivity contribution in [2.24, 2.45) is 5.92 Å². The van der Waals surface area contributed by atoms with Gasteiger partial charge in [-0.25, -0.2) is 4.98 Å². The summed E-state index contributed by atoms with van der Waals surface area (Å²) in [5.74, 6) is 0.904. The Kier molecular flexibility index (Phi) is 2.75. The minimum Gasteiger partial charge on any atom is -0.382 e. The molecule has 1 saturated heterocycles. The van der Waals surface area contributed by atoms with E-state index in [9.17, 15) is 4.79 Å². The number of nitrogens with zero attached hydrogens (tertiary/aromatic N) is 3. The second kappa shape index (κ2) is 4.53. The molecule has 1 saturated carbocycles. The van der Waals surface area contributed by atoms with Gasteiger partial charge in [0, 0.05) is 18.2 Å². The zero-order chi connectivity index (χ0) is 14.6. The normalized spacial score (nSPS) is 25.6. The molecule has 1 aliphatic carbocycles. The second-order valence-corrected chi connectivity index (χ2v) is 6.07. The third-order valence-corrected chi connectivity index (χ3v) is 4.42. The van der Waals surface area contributed by atoms with Crippen LogP contribution >= 0.6 is 0 Å². The first-order valence-electron chi connectivity index (χ1n) is 7.46. The van der Waals surface area contributed by atoms with Gasteiger partial charge < -0.3 is 10.5 Å². The van der Waals surface area contributed by atoms with Gasteiger partial charge in [0.1, 0.15) is 6.10 Å². The largest absolute Gasteiger partial charge is 0.382 e. The lowest BCUT2D eigenvalue weighted by molar-refractivity contribution is 0.0480. The van der Waals surface area contributed by atoms with Gasteiger partial charge in [-0.2, -0.15) is 4.68 Å². The Morgan fingerprint density at radius 3 is 2.86 bits per heavy atom. The lowest BCUT2D eigenvalue weighted by Gasteiger charge is -2.13. The van der Waals surface area contributed by atoms with Crippen LogP contribution in [0.25, 0.3) is 11.0 Å². The standard InChI is InChI=1S/C15H18N4O2/c1-8-6-7-21-12(8)15(20)19-14-10(13(16)18-19)4-5-11(17-14)9-2-3-9/h4-5,8-9,12H,2-3,6-7H2,1H3,(H2,16,18)/t8-,12+/m0/s1. The van der Waals surface area contributed by atoms with Crippen LogP contribution in [0.4, 0.5) is 5.82 Å². The quantitative estimate of drug-likeness (QED) is 0.912. The fourth-order valence-corrected chi connectivity index (χ4v) is 2.93. The number of nitrogen functional groups attached to an aromatic ring is 1. The van der Waals surface area contributed by atoms with Crippen LogP contribution < -0.4 is 5.73 Å². The van der Waals surface area contributed by atoms with Crippen molar-refractivity contribution in [3.05, 3.63) is 17.8 Å². The SMILES string of the molecule is C[C@H]1CCO[C@H]1C(=O)n1nc(N)c2ccc(C3CC3)nc21. The molecule has 2 N–H and O–H groups in total. The van der Waals surface area contributed by atoms with Gasteiger partial charge in [-0.1, -0.05) is 6.92 Å². The molecule has 6 heteroatoms. The van der Waals surface area contributed by atoms with E-state index in [1.165, 1.54) is 17.5 Å². The molecule has 0 aromatic carbocycles. The number of ether oxygens (including phenoxy) is 1. The third-order valence-electron chi connectivity index (χ3n) is 4.42. The predicted molar refractivity (Wildman–Crippen MR) is 78.1 cm³/mol. The molecule has 2 aromatic heterocycles. The molecular weight excluding hydrogens is 268 g/mol. The molecule has 21 heavy (non-hydrogen) atoms. The van der Waals surface area contributed by atoms with Crippen molar-refractivity contribution in [2.75, 3.05) is 12.3 Å². The number of rotatable bonds is 2. The van der Waals surface area contributed by atoms with Crippen LogP contribution in [0, 0.1) is 5.92 Å². The van der Waals surface area contributed by atoms with Gasteiger partial charge in [0.25, 0.3) is 5.91 Å². The minimum absolute atomic E-state index is 0.165. The van der Waals surface area contributed by atoms with Gasteiger partial charge in [-0.3, -0.25) is 4.79 Å². The van der Waals surface area contributed by atoms with E-state index >= 15 is 0 Å². The van der Waals surface area contributed by atoms with Crippen molar-refractivity contribution in [2.45, 2.75) is 38.2 Å². The Morgan fingerprint density at radius 1 is 1.38 bits per heavy atom. The zero-order valence-corrected chi connectivity index (χ0v) is 12.0. The van der Waals surface area contributed by atoms with Crippen molar-refractivity contribution >= 4 is 22.8 Å². The number of anilines is 1. The van der Waals surface area contributed by atoms with E-state index in [4.69, 9.17) is 10.5 Å². The summed E-state index contributed by atoms with van der Waals surface area (Å²) in [4.78, 5) is 17.3. The Balaban J connectivity index is 1.79. The van der Waals surface area contributed by atoms with E-state index in [0.717, 1.165) is 17.5 Å². The van der Waals surface area contributed by atoms with E-state index < -0.39 is 6.10 Å². The first-order valence-corrected chi connectivity index (χ1v) is 7.46. The summed E-state index contributed by atoms with van der Waals surface area (Å²) < 4.78 is 6.89. The van der Waals surface area contributed by atoms with Crippen LogP contribution in [0.15, 0.2) is 12.1 Å². The summed E-state index contributed by atoms with van der Waals surface area (Å²) in [6, 6.07) is 3.91. The number of fused-ring (bicyclic) bond motifs is 1. The van der Waals surface area contributed by atoms with E-state index in [1.807, 2.05) is 19.1 Å². The molecule has 4 rings (SSSR count). The Morgan fingerprint density at radius 2 is 2.19 bits per heavy atom. The molecule has 0 spiro atoms. The maximum atomic E-state index is 12.7. The average molecular weight is 286 g/mol. The summed E-state index contributed by atoms with van der Waals surface area (Å²) >= 11 is 0. The van der Waals surface area contributed by atoms with Crippen LogP contribution in [0.3, 0.4) is 0 Å². The number of carbonyl (C=O) groups excluding carboxylic acids is 1. The summed E-state index contributed by atoms with van der Waals surface area (Å²) in [6.07, 6.45) is 2.78. The van der Waals surface area contributed by atoms with Gasteiger partial charge in [0.15, 0.2) is 11.5 Å². The lowest BCUT2D eigenvalue weighted by Crippen LogP contribution is -2.31. The molecule has 2 atom stereocenters. The lowest BCUT2D eigenvalue weighted by atomic mass is 10.0. The van der Waals surface area contributed by atoms with Gasteiger partial charge in [-0.05, 0) is 37.3 Å². The molecule has 6 nitrogen and oxygen atoms in total. The summed E-state index contributed by atoms with van der Waals surface area (Å²) in [6.45, 7) is 2.64. The number of carbonyl (C=O) groups is 1. The zero-order valence-electron chi connectivity index (χ0n) is 12.0. The van der Waals surface area contributed by atoms with Crippen LogP contribution in [0.2, 0.25) is 0 Å². The highest BCUT2D eigenvalue weighted by molar-refractivity contribution is 5.96. The second-order valence-electron chi connectivity index (χ2n) is 6.07. The maximum absolute atomic E-state index is 12.7. The molecule has 2 fully saturated rings. The fourth-order valence-electron chi connectivity index (χ4n) is 2.93. The van der Waals surface area contributed by atoms with Gasteiger partial charge in [-0.15, -0.1) is 5.10 Å². The van der Waals surface area contributed by atoms with Crippen LogP contribution in [-0.4, -0.2) is 33.4 Å². The fraction of sp³-hybridized carbons (Fsp3) is 0.533. The van der Waals surface area contributed by atoms with Gasteiger partial charge in [0.05, 0.1) is 5.39 Å². The predicted octanol–water partition coefficient (Wildman–Crippen LogP) is 1.96. The topological polar surface area (TPSA) is 83.0 Å². The molecule has 0 bridgehead atoms. The average Bonchev–Trinajstić information content (AvgIpc) is 3.17. The van der Waals surface area contributed by atoms with Crippen LogP contribution in [0.1, 0.15) is 42.6 Å². The first-order chi connectivity index (χ1) is 10.1. The third kappa shape index (κ3) is 2.01. The van der Waals surface area contributed by atoms with Crippen LogP contribution in [-0.2, 0) is 4.74 Å². The molecule has 0 radical (unpaired) electrons. The van der Waals surface area contributed by atoms with Crippen molar-refractivity contribution in [1.29, 1.82) is 0 Å². The summed E-state index contributed by atoms with van der Waals surface area (Å²) in [5.41, 5.74) is 7.51. The molecule has 1 aliphatic heterocycles. The Bertz CT molecular complexity index is 720. The smallest absolute Gasteiger partial charge is 0.278 e. The highest BCUT2D eigenvalue weighted by Gasteiger charge is 2.34. The highest BCUT2D eigenvalue weighted by atomic mass is 16.5. The molecule has 0 amide bonds. The molecule has 2 aromatic rings. The highest BCUT2D eigenvalue weighted by Crippen LogP contribution is 2.39. The summed E-state index contributed by atoms with van der Waals surface area (Å²) in [7, 11) is 0. The van der Waals surface area contributed by atoms with E-state index in [2.05, 4.69) is 10.1 Å². The molecule has 3 heterocycles. The van der Waals surface area contributed by atoms with Gasteiger partial charge >= 0.3 is 0 Å². The number of nitrogens with two attached hydrogens (primary N) is 1. The number of aromatic nitrogens is 3. The Hall–Kier alpha value is -1.95. The van der Waals surface area contributed by atoms with Crippen molar-refractivity contribution in [1.82, 2.24) is 14.8 Å². The van der Waals surface area contributed by atoms with Gasteiger partial charge in [0.2, 0.25) is 0 Å². The number of hydrogen-bond acceptors (Lipinski definition) is 5. The minimum atomic E-state index is -0.445. The Labute approximate surface area is 122 Å². The van der Waals surface area contributed by atoms with E-state index in [1.54, 1.807) is 0 Å². The summed E-state index contributed by atoms with van der Waals surface area (Å²) in [5, 5.41) is 4.93. The molecular formula is C15H18N4O2. The molecule has 2 aliphatic rings. The van der Waals surface area contributed by atoms with E-state index in [0.29, 0.717) is 24.0 Å². The monoisotopic (exact) mass is 286 g/mol. The first kappa shape index (κ1) is 12.8. The van der Waals surface area contributed by atoms with Crippen molar-refractivity contribution < 1.29 is 9.53 Å². The number of pyridine rings is 1. The maximum Gasteiger partial charge on any atom is 0.278 e. The van der Waals surface area contributed by atoms with E-state index in [-0.39, 0.29) is 11.8 Å².